The lowest BCUT2D eigenvalue weighted by Gasteiger charge is -2.32. The monoisotopic (exact) mass is 441 g/mol. The van der Waals surface area contributed by atoms with Crippen molar-refractivity contribution >= 4 is 43.8 Å². The van der Waals surface area contributed by atoms with Gasteiger partial charge in [0.1, 0.15) is 5.82 Å². The molecule has 0 bridgehead atoms. The molecule has 0 radical (unpaired) electrons. The van der Waals surface area contributed by atoms with Crippen LogP contribution < -0.4 is 4.90 Å². The zero-order valence-electron chi connectivity index (χ0n) is 16.4. The van der Waals surface area contributed by atoms with Gasteiger partial charge in [0.15, 0.2) is 5.65 Å². The van der Waals surface area contributed by atoms with Crippen LogP contribution in [-0.2, 0) is 9.84 Å². The third kappa shape index (κ3) is 3.11. The standard InChI is InChI=1S/C21H20ClN5O2S/c1-14-6-5-11-26(13-14)19-17-12-15(22)9-10-18(17)27-20(23-19)21(24-25-27)30(28,29)16-7-3-2-4-8-16/h2-4,7-10,12,14H,5-6,11,13H2,1H3/t14-/m0/s1. The summed E-state index contributed by atoms with van der Waals surface area (Å²) in [5.41, 5.74) is 0.946. The highest BCUT2D eigenvalue weighted by Gasteiger charge is 2.28. The molecule has 3 heterocycles. The maximum atomic E-state index is 13.2. The largest absolute Gasteiger partial charge is 0.356 e. The van der Waals surface area contributed by atoms with Crippen LogP contribution in [0.1, 0.15) is 19.8 Å². The first-order valence-electron chi connectivity index (χ1n) is 9.85. The molecule has 5 rings (SSSR count). The van der Waals surface area contributed by atoms with Crippen LogP contribution in [-0.4, -0.2) is 41.3 Å². The van der Waals surface area contributed by atoms with E-state index in [9.17, 15) is 8.42 Å². The first-order valence-corrected chi connectivity index (χ1v) is 11.7. The highest BCUT2D eigenvalue weighted by atomic mass is 35.5. The van der Waals surface area contributed by atoms with Crippen LogP contribution in [0.3, 0.4) is 0 Å². The van der Waals surface area contributed by atoms with Crippen LogP contribution in [0.15, 0.2) is 58.5 Å². The van der Waals surface area contributed by atoms with E-state index in [0.717, 1.165) is 36.2 Å². The second kappa shape index (κ2) is 7.21. The van der Waals surface area contributed by atoms with Gasteiger partial charge in [-0.05, 0) is 49.1 Å². The Kier molecular flexibility index (Phi) is 4.63. The molecule has 0 saturated carbocycles. The third-order valence-electron chi connectivity index (χ3n) is 5.52. The average Bonchev–Trinajstić information content (AvgIpc) is 3.18. The van der Waals surface area contributed by atoms with Gasteiger partial charge in [0.2, 0.25) is 14.9 Å². The molecule has 1 atom stereocenters. The smallest absolute Gasteiger partial charge is 0.229 e. The summed E-state index contributed by atoms with van der Waals surface area (Å²) in [7, 11) is -3.86. The molecule has 0 aliphatic carbocycles. The summed E-state index contributed by atoms with van der Waals surface area (Å²) in [5.74, 6) is 1.25. The van der Waals surface area contributed by atoms with Crippen molar-refractivity contribution in [2.24, 2.45) is 5.92 Å². The molecule has 0 N–H and O–H groups in total. The molecule has 9 heteroatoms. The van der Waals surface area contributed by atoms with Gasteiger partial charge in [0.05, 0.1) is 10.4 Å². The van der Waals surface area contributed by atoms with Gasteiger partial charge in [-0.2, -0.15) is 4.52 Å². The predicted molar refractivity (Wildman–Crippen MR) is 116 cm³/mol. The SMILES string of the molecule is C[C@H]1CCCN(c2nc3c(S(=O)(=O)c4ccccc4)nnn3c3ccc(Cl)cc23)C1. The van der Waals surface area contributed by atoms with E-state index in [2.05, 4.69) is 22.1 Å². The number of aromatic nitrogens is 4. The topological polar surface area (TPSA) is 80.5 Å². The van der Waals surface area contributed by atoms with Crippen molar-refractivity contribution in [1.29, 1.82) is 0 Å². The van der Waals surface area contributed by atoms with E-state index in [4.69, 9.17) is 16.6 Å². The van der Waals surface area contributed by atoms with Crippen molar-refractivity contribution in [2.75, 3.05) is 18.0 Å². The fraction of sp³-hybridized carbons (Fsp3) is 0.286. The number of benzene rings is 2. The first-order chi connectivity index (χ1) is 14.4. The van der Waals surface area contributed by atoms with Crippen molar-refractivity contribution in [3.05, 3.63) is 53.6 Å². The molecule has 1 aliphatic rings. The number of sulfone groups is 1. The number of fused-ring (bicyclic) bond motifs is 3. The first kappa shape index (κ1) is 19.3. The zero-order valence-corrected chi connectivity index (χ0v) is 17.9. The van der Waals surface area contributed by atoms with Crippen LogP contribution in [0.2, 0.25) is 5.02 Å². The quantitative estimate of drug-likeness (QED) is 0.478. The molecule has 7 nitrogen and oxygen atoms in total. The van der Waals surface area contributed by atoms with Gasteiger partial charge in [0, 0.05) is 23.5 Å². The van der Waals surface area contributed by atoms with E-state index in [1.807, 2.05) is 12.1 Å². The Hall–Kier alpha value is -2.71. The molecule has 154 valence electrons. The van der Waals surface area contributed by atoms with Crippen LogP contribution >= 0.6 is 11.6 Å². The number of hydrogen-bond donors (Lipinski definition) is 0. The van der Waals surface area contributed by atoms with Crippen LogP contribution in [0, 0.1) is 5.92 Å². The minimum atomic E-state index is -3.86. The molecule has 1 saturated heterocycles. The molecule has 2 aromatic heterocycles. The lowest BCUT2D eigenvalue weighted by atomic mass is 10.00. The van der Waals surface area contributed by atoms with Gasteiger partial charge in [-0.15, -0.1) is 5.10 Å². The fourth-order valence-corrected chi connectivity index (χ4v) is 5.49. The summed E-state index contributed by atoms with van der Waals surface area (Å²) in [6.07, 6.45) is 2.22. The Balaban J connectivity index is 1.79. The van der Waals surface area contributed by atoms with E-state index in [-0.39, 0.29) is 15.6 Å². The molecule has 4 aromatic rings. The average molecular weight is 442 g/mol. The molecule has 1 fully saturated rings. The lowest BCUT2D eigenvalue weighted by molar-refractivity contribution is 0.445. The normalized spacial score (nSPS) is 17.7. The van der Waals surface area contributed by atoms with Gasteiger partial charge in [-0.3, -0.25) is 0 Å². The summed E-state index contributed by atoms with van der Waals surface area (Å²) >= 11 is 6.28. The van der Waals surface area contributed by atoms with Crippen molar-refractivity contribution in [3.63, 3.8) is 0 Å². The highest BCUT2D eigenvalue weighted by Crippen LogP contribution is 2.33. The van der Waals surface area contributed by atoms with Crippen LogP contribution in [0.25, 0.3) is 16.6 Å². The minimum Gasteiger partial charge on any atom is -0.356 e. The van der Waals surface area contributed by atoms with E-state index < -0.39 is 9.84 Å². The summed E-state index contributed by atoms with van der Waals surface area (Å²) in [4.78, 5) is 7.15. The molecule has 30 heavy (non-hydrogen) atoms. The van der Waals surface area contributed by atoms with Crippen LogP contribution in [0.4, 0.5) is 5.82 Å². The summed E-state index contributed by atoms with van der Waals surface area (Å²) in [6.45, 7) is 3.93. The van der Waals surface area contributed by atoms with Gasteiger partial charge in [-0.1, -0.05) is 41.9 Å². The number of rotatable bonds is 3. The van der Waals surface area contributed by atoms with Crippen molar-refractivity contribution in [3.8, 4) is 0 Å². The molecular weight excluding hydrogens is 422 g/mol. The highest BCUT2D eigenvalue weighted by molar-refractivity contribution is 7.91. The maximum absolute atomic E-state index is 13.2. The van der Waals surface area contributed by atoms with E-state index in [1.165, 1.54) is 10.9 Å². The predicted octanol–water partition coefficient (Wildman–Crippen LogP) is 4.00. The molecule has 1 aliphatic heterocycles. The number of hydrogen-bond acceptors (Lipinski definition) is 6. The van der Waals surface area contributed by atoms with Gasteiger partial charge >= 0.3 is 0 Å². The van der Waals surface area contributed by atoms with Crippen molar-refractivity contribution in [2.45, 2.75) is 29.7 Å². The number of halogens is 1. The summed E-state index contributed by atoms with van der Waals surface area (Å²) in [5, 5.41) is 9.44. The minimum absolute atomic E-state index is 0.142. The van der Waals surface area contributed by atoms with E-state index >= 15 is 0 Å². The second-order valence-corrected chi connectivity index (χ2v) is 10.0. The Labute approximate surface area is 179 Å². The van der Waals surface area contributed by atoms with Crippen LogP contribution in [0.5, 0.6) is 0 Å². The molecular formula is C21H20ClN5O2S. The van der Waals surface area contributed by atoms with Gasteiger partial charge in [-0.25, -0.2) is 13.4 Å². The number of piperidine rings is 1. The Morgan fingerprint density at radius 2 is 1.93 bits per heavy atom. The van der Waals surface area contributed by atoms with Crippen molar-refractivity contribution in [1.82, 2.24) is 19.8 Å². The Morgan fingerprint density at radius 1 is 1.13 bits per heavy atom. The number of nitrogens with zero attached hydrogens (tertiary/aromatic N) is 5. The molecule has 0 unspecified atom stereocenters. The number of anilines is 1. The zero-order chi connectivity index (χ0) is 20.9. The Morgan fingerprint density at radius 3 is 2.70 bits per heavy atom. The van der Waals surface area contributed by atoms with Gasteiger partial charge < -0.3 is 4.90 Å². The lowest BCUT2D eigenvalue weighted by Crippen LogP contribution is -2.35. The summed E-state index contributed by atoms with van der Waals surface area (Å²) < 4.78 is 28.0. The fourth-order valence-electron chi connectivity index (χ4n) is 4.06. The molecule has 0 amide bonds. The van der Waals surface area contributed by atoms with Gasteiger partial charge in [0.25, 0.3) is 0 Å². The van der Waals surface area contributed by atoms with E-state index in [1.54, 1.807) is 36.4 Å². The Bertz CT molecular complexity index is 1350. The molecule has 0 spiro atoms. The second-order valence-electron chi connectivity index (χ2n) is 7.74. The third-order valence-corrected chi connectivity index (χ3v) is 7.42. The maximum Gasteiger partial charge on any atom is 0.229 e. The summed E-state index contributed by atoms with van der Waals surface area (Å²) in [6, 6.07) is 13.7. The van der Waals surface area contributed by atoms with E-state index in [0.29, 0.717) is 10.9 Å². The molecule has 2 aromatic carbocycles. The van der Waals surface area contributed by atoms with Crippen molar-refractivity contribution < 1.29 is 8.42 Å².